The Hall–Kier alpha value is -1.95. The minimum atomic E-state index is 0.0564. The van der Waals surface area contributed by atoms with Gasteiger partial charge in [0.15, 0.2) is 5.11 Å². The van der Waals surface area contributed by atoms with Crippen LogP contribution in [0, 0.1) is 6.92 Å². The van der Waals surface area contributed by atoms with E-state index in [9.17, 15) is 0 Å². The zero-order valence-electron chi connectivity index (χ0n) is 9.64. The maximum absolute atomic E-state index is 8.82. The van der Waals surface area contributed by atoms with E-state index in [2.05, 4.69) is 27.9 Å². The normalized spacial score (nSPS) is 12.4. The van der Waals surface area contributed by atoms with Gasteiger partial charge < -0.3 is 10.9 Å². The number of hydrazone groups is 1. The van der Waals surface area contributed by atoms with Gasteiger partial charge in [-0.05, 0) is 32.1 Å². The monoisotopic (exact) mass is 250 g/mol. The molecule has 0 radical (unpaired) electrons. The Bertz CT molecular complexity index is 482. The van der Waals surface area contributed by atoms with Gasteiger partial charge in [-0.25, -0.2) is 0 Å². The summed E-state index contributed by atoms with van der Waals surface area (Å²) in [7, 11) is 0. The Kier molecular flexibility index (Phi) is 4.59. The van der Waals surface area contributed by atoms with E-state index >= 15 is 0 Å². The number of nitrogens with two attached hydrogens (primary N) is 1. The van der Waals surface area contributed by atoms with Crippen LogP contribution in [0.15, 0.2) is 34.5 Å². The molecule has 1 aromatic rings. The largest absolute Gasteiger partial charge is 0.411 e. The molecule has 1 aromatic carbocycles. The molecule has 0 saturated carbocycles. The number of hydrogen-bond acceptors (Lipinski definition) is 4. The third-order valence-corrected chi connectivity index (χ3v) is 2.15. The molecule has 17 heavy (non-hydrogen) atoms. The topological polar surface area (TPSA) is 83.0 Å². The molecule has 0 aliphatic heterocycles. The summed E-state index contributed by atoms with van der Waals surface area (Å²) >= 11 is 4.67. The van der Waals surface area contributed by atoms with Crippen LogP contribution in [-0.4, -0.2) is 21.7 Å². The molecule has 0 atom stereocenters. The second kappa shape index (κ2) is 5.95. The third kappa shape index (κ3) is 3.84. The fraction of sp³-hybridized carbons (Fsp3) is 0.182. The molecule has 0 aromatic heterocycles. The minimum Gasteiger partial charge on any atom is -0.411 e. The zero-order chi connectivity index (χ0) is 12.8. The van der Waals surface area contributed by atoms with Crippen molar-refractivity contribution in [2.75, 3.05) is 0 Å². The molecule has 4 N–H and O–H groups in total. The van der Waals surface area contributed by atoms with Crippen molar-refractivity contribution in [2.45, 2.75) is 13.8 Å². The zero-order valence-corrected chi connectivity index (χ0v) is 10.5. The highest BCUT2D eigenvalue weighted by atomic mass is 32.1. The van der Waals surface area contributed by atoms with Gasteiger partial charge >= 0.3 is 0 Å². The van der Waals surface area contributed by atoms with E-state index in [1.807, 2.05) is 31.2 Å². The standard InChI is InChI=1S/C11H14N4OS/c1-7-4-3-5-9(6-7)10(8(2)15-16)13-14-11(12)17/h3-6,16H,1-2H3,(H3,12,14,17). The molecule has 0 aliphatic carbocycles. The van der Waals surface area contributed by atoms with Crippen molar-refractivity contribution in [3.63, 3.8) is 0 Å². The first kappa shape index (κ1) is 13.1. The van der Waals surface area contributed by atoms with E-state index in [4.69, 9.17) is 10.9 Å². The first-order valence-corrected chi connectivity index (χ1v) is 5.34. The lowest BCUT2D eigenvalue weighted by atomic mass is 10.0. The van der Waals surface area contributed by atoms with Crippen molar-refractivity contribution >= 4 is 28.8 Å². The summed E-state index contributed by atoms with van der Waals surface area (Å²) in [6, 6.07) is 7.65. The van der Waals surface area contributed by atoms with Crippen LogP contribution in [0.25, 0.3) is 0 Å². The van der Waals surface area contributed by atoms with Gasteiger partial charge in [0.25, 0.3) is 0 Å². The molecule has 0 unspecified atom stereocenters. The Balaban J connectivity index is 3.15. The van der Waals surface area contributed by atoms with Crippen molar-refractivity contribution in [1.82, 2.24) is 5.43 Å². The lowest BCUT2D eigenvalue weighted by Crippen LogP contribution is -2.27. The van der Waals surface area contributed by atoms with Crippen molar-refractivity contribution in [3.05, 3.63) is 35.4 Å². The predicted molar refractivity (Wildman–Crippen MR) is 72.5 cm³/mol. The van der Waals surface area contributed by atoms with Crippen molar-refractivity contribution in [2.24, 2.45) is 16.0 Å². The fourth-order valence-electron chi connectivity index (χ4n) is 1.31. The highest BCUT2D eigenvalue weighted by molar-refractivity contribution is 7.80. The van der Waals surface area contributed by atoms with Crippen LogP contribution in [0.2, 0.25) is 0 Å². The van der Waals surface area contributed by atoms with Gasteiger partial charge in [-0.2, -0.15) is 5.10 Å². The second-order valence-corrected chi connectivity index (χ2v) is 3.93. The molecular weight excluding hydrogens is 236 g/mol. The van der Waals surface area contributed by atoms with E-state index < -0.39 is 0 Å². The molecule has 0 aliphatic rings. The molecule has 0 fully saturated rings. The summed E-state index contributed by atoms with van der Waals surface area (Å²) in [5.41, 5.74) is 10.6. The van der Waals surface area contributed by atoms with Crippen LogP contribution in [-0.2, 0) is 0 Å². The van der Waals surface area contributed by atoms with Crippen LogP contribution in [0.4, 0.5) is 0 Å². The fourth-order valence-corrected chi connectivity index (χ4v) is 1.35. The van der Waals surface area contributed by atoms with Crippen LogP contribution >= 0.6 is 12.2 Å². The maximum atomic E-state index is 8.82. The highest BCUT2D eigenvalue weighted by Crippen LogP contribution is 2.06. The van der Waals surface area contributed by atoms with Crippen molar-refractivity contribution < 1.29 is 5.21 Å². The molecule has 90 valence electrons. The number of aryl methyl sites for hydroxylation is 1. The van der Waals surface area contributed by atoms with E-state index in [0.717, 1.165) is 11.1 Å². The van der Waals surface area contributed by atoms with Gasteiger partial charge in [0.05, 0.1) is 0 Å². The van der Waals surface area contributed by atoms with Crippen LogP contribution in [0.3, 0.4) is 0 Å². The lowest BCUT2D eigenvalue weighted by Gasteiger charge is -2.06. The van der Waals surface area contributed by atoms with Crippen molar-refractivity contribution in [3.8, 4) is 0 Å². The molecule has 0 heterocycles. The highest BCUT2D eigenvalue weighted by Gasteiger charge is 2.08. The van der Waals surface area contributed by atoms with Gasteiger partial charge in [-0.1, -0.05) is 28.9 Å². The van der Waals surface area contributed by atoms with Crippen molar-refractivity contribution in [1.29, 1.82) is 0 Å². The molecule has 1 rings (SSSR count). The number of benzene rings is 1. The Labute approximate surface area is 105 Å². The number of oxime groups is 1. The Morgan fingerprint density at radius 1 is 1.47 bits per heavy atom. The van der Waals surface area contributed by atoms with Gasteiger partial charge in [-0.3, -0.25) is 5.43 Å². The van der Waals surface area contributed by atoms with Gasteiger partial charge in [0, 0.05) is 5.56 Å². The molecule has 0 saturated heterocycles. The molecule has 0 bridgehead atoms. The SMILES string of the molecule is CC(=NO)C(=NNC(N)=S)c1cccc(C)c1. The third-order valence-electron chi connectivity index (χ3n) is 2.06. The number of hydrogen-bond donors (Lipinski definition) is 3. The average molecular weight is 250 g/mol. The van der Waals surface area contributed by atoms with Crippen LogP contribution in [0.1, 0.15) is 18.1 Å². The van der Waals surface area contributed by atoms with E-state index in [1.54, 1.807) is 6.92 Å². The Morgan fingerprint density at radius 2 is 2.18 bits per heavy atom. The Morgan fingerprint density at radius 3 is 2.71 bits per heavy atom. The van der Waals surface area contributed by atoms with Gasteiger partial charge in [0.2, 0.25) is 0 Å². The second-order valence-electron chi connectivity index (χ2n) is 3.49. The summed E-state index contributed by atoms with van der Waals surface area (Å²) < 4.78 is 0. The average Bonchev–Trinajstić information content (AvgIpc) is 2.28. The van der Waals surface area contributed by atoms with E-state index in [1.165, 1.54) is 0 Å². The molecular formula is C11H14N4OS. The molecule has 0 amide bonds. The predicted octanol–water partition coefficient (Wildman–Crippen LogP) is 1.38. The van der Waals surface area contributed by atoms with E-state index in [0.29, 0.717) is 11.4 Å². The lowest BCUT2D eigenvalue weighted by molar-refractivity contribution is 0.320. The molecule has 5 nitrogen and oxygen atoms in total. The summed E-state index contributed by atoms with van der Waals surface area (Å²) in [5.74, 6) is 0. The minimum absolute atomic E-state index is 0.0564. The first-order chi connectivity index (χ1) is 8.04. The quantitative estimate of drug-likeness (QED) is 0.327. The van der Waals surface area contributed by atoms with Gasteiger partial charge in [-0.15, -0.1) is 0 Å². The molecule has 0 spiro atoms. The summed E-state index contributed by atoms with van der Waals surface area (Å²) in [6.45, 7) is 3.61. The van der Waals surface area contributed by atoms with Crippen LogP contribution in [0.5, 0.6) is 0 Å². The van der Waals surface area contributed by atoms with Crippen LogP contribution < -0.4 is 11.2 Å². The summed E-state index contributed by atoms with van der Waals surface area (Å²) in [4.78, 5) is 0. The first-order valence-electron chi connectivity index (χ1n) is 4.93. The number of nitrogens with zero attached hydrogens (tertiary/aromatic N) is 2. The summed E-state index contributed by atoms with van der Waals surface area (Å²) in [6.07, 6.45) is 0. The smallest absolute Gasteiger partial charge is 0.184 e. The number of rotatable bonds is 3. The van der Waals surface area contributed by atoms with E-state index in [-0.39, 0.29) is 5.11 Å². The van der Waals surface area contributed by atoms with Gasteiger partial charge in [0.1, 0.15) is 11.4 Å². The molecule has 6 heteroatoms. The maximum Gasteiger partial charge on any atom is 0.184 e. The summed E-state index contributed by atoms with van der Waals surface area (Å²) in [5, 5.41) is 16.0. The number of nitrogens with one attached hydrogen (secondary N) is 1. The number of thiocarbonyl (C=S) groups is 1.